The molecule has 0 fully saturated rings. The zero-order chi connectivity index (χ0) is 37.8. The predicted molar refractivity (Wildman–Crippen MR) is 169 cm³/mol. The molecule has 0 aliphatic carbocycles. The van der Waals surface area contributed by atoms with Crippen molar-refractivity contribution in [1.29, 1.82) is 0 Å². The summed E-state index contributed by atoms with van der Waals surface area (Å²) in [6.07, 6.45) is 0. The number of hydrogen-bond acceptors (Lipinski definition) is 13. The maximum Gasteiger partial charge on any atom is 0.358 e. The minimum Gasteiger partial charge on any atom is -0.479 e. The largest absolute Gasteiger partial charge is 0.479 e. The van der Waals surface area contributed by atoms with Gasteiger partial charge in [-0.3, -0.25) is 19.2 Å². The first-order chi connectivity index (χ1) is 24.0. The van der Waals surface area contributed by atoms with Crippen molar-refractivity contribution in [3.8, 4) is 0 Å². The van der Waals surface area contributed by atoms with E-state index in [1.165, 1.54) is 48.5 Å². The molecule has 0 aliphatic rings. The maximum atomic E-state index is 13.9. The molecule has 0 saturated carbocycles. The van der Waals surface area contributed by atoms with Gasteiger partial charge < -0.3 is 35.4 Å². The van der Waals surface area contributed by atoms with Crippen molar-refractivity contribution < 1.29 is 73.7 Å². The highest BCUT2D eigenvalue weighted by molar-refractivity contribution is 6.32. The number of aliphatic hydroxyl groups is 4. The van der Waals surface area contributed by atoms with Gasteiger partial charge in [0.15, 0.2) is 0 Å². The van der Waals surface area contributed by atoms with Crippen LogP contribution in [-0.2, 0) is 23.9 Å². The van der Waals surface area contributed by atoms with E-state index in [0.29, 0.717) is 0 Å². The fraction of sp³-hybridized carbons (Fsp3) is 0.111. The third-order valence-corrected chi connectivity index (χ3v) is 7.90. The number of carboxylic acid groups (broad SMARTS) is 2. The van der Waals surface area contributed by atoms with Crippen molar-refractivity contribution in [1.82, 2.24) is 0 Å². The van der Waals surface area contributed by atoms with Gasteiger partial charge in [-0.1, -0.05) is 121 Å². The van der Waals surface area contributed by atoms with E-state index in [1.807, 2.05) is 0 Å². The molecule has 0 radical (unpaired) electrons. The minimum atomic E-state index is -4.66. The summed E-state index contributed by atoms with van der Waals surface area (Å²) in [7, 11) is 0. The Balaban J connectivity index is 1.97. The van der Waals surface area contributed by atoms with Gasteiger partial charge in [0.25, 0.3) is 22.4 Å². The number of carbonyl (C=O) groups is 8. The van der Waals surface area contributed by atoms with Crippen molar-refractivity contribution in [3.05, 3.63) is 144 Å². The fourth-order valence-corrected chi connectivity index (χ4v) is 5.07. The predicted octanol–water partition coefficient (Wildman–Crippen LogP) is 0.681. The summed E-state index contributed by atoms with van der Waals surface area (Å²) in [6.45, 7) is 0. The summed E-state index contributed by atoms with van der Waals surface area (Å²) in [5.41, 5.74) is -21.3. The lowest BCUT2D eigenvalue weighted by Gasteiger charge is -2.38. The molecule has 260 valence electrons. The van der Waals surface area contributed by atoms with Crippen LogP contribution in [0.25, 0.3) is 0 Å². The molecule has 4 atom stereocenters. The number of benzene rings is 4. The SMILES string of the molecule is O=C(O)C(O)(C(=O)c1ccccc1)C(O)(C(=O)OC(=O)C(O)(C(=O)c1ccccc1)C(O)(C(=O)O)C(=O)c1ccccc1)C(=O)c1ccccc1. The van der Waals surface area contributed by atoms with Crippen LogP contribution in [0.2, 0.25) is 0 Å². The first-order valence-corrected chi connectivity index (χ1v) is 14.5. The number of ketones is 4. The number of rotatable bonds is 14. The molecule has 15 heteroatoms. The molecular formula is C36H26O15. The van der Waals surface area contributed by atoms with Crippen molar-refractivity contribution in [2.24, 2.45) is 0 Å². The topological polar surface area (TPSA) is 267 Å². The first kappa shape index (κ1) is 37.3. The molecule has 4 rings (SSSR count). The summed E-state index contributed by atoms with van der Waals surface area (Å²) in [5.74, 6) is -19.3. The van der Waals surface area contributed by atoms with Crippen LogP contribution in [0.5, 0.6) is 0 Å². The van der Waals surface area contributed by atoms with E-state index >= 15 is 0 Å². The van der Waals surface area contributed by atoms with E-state index in [2.05, 4.69) is 4.74 Å². The van der Waals surface area contributed by atoms with E-state index < -0.39 is 91.7 Å². The van der Waals surface area contributed by atoms with E-state index in [9.17, 15) is 69.0 Å². The van der Waals surface area contributed by atoms with E-state index in [4.69, 9.17) is 0 Å². The number of hydrogen-bond donors (Lipinski definition) is 6. The number of ether oxygens (including phenoxy) is 1. The second-order valence-corrected chi connectivity index (χ2v) is 10.9. The third kappa shape index (κ3) is 6.02. The Morgan fingerprint density at radius 3 is 0.745 bits per heavy atom. The molecule has 0 saturated heterocycles. The lowest BCUT2D eigenvalue weighted by Crippen LogP contribution is -2.74. The quantitative estimate of drug-likeness (QED) is 0.0601. The van der Waals surface area contributed by atoms with Crippen molar-refractivity contribution in [2.45, 2.75) is 22.4 Å². The molecule has 0 bridgehead atoms. The number of Topliss-reactive ketones (excluding diaryl/α,β-unsaturated/α-hetero) is 4. The van der Waals surface area contributed by atoms with Gasteiger partial charge in [0.1, 0.15) is 0 Å². The van der Waals surface area contributed by atoms with Crippen LogP contribution in [0.4, 0.5) is 0 Å². The van der Waals surface area contributed by atoms with Gasteiger partial charge in [-0.15, -0.1) is 0 Å². The summed E-state index contributed by atoms with van der Waals surface area (Å²) < 4.78 is 4.46. The second-order valence-electron chi connectivity index (χ2n) is 10.9. The summed E-state index contributed by atoms with van der Waals surface area (Å²) in [5, 5.41) is 66.7. The molecule has 51 heavy (non-hydrogen) atoms. The van der Waals surface area contributed by atoms with Gasteiger partial charge >= 0.3 is 23.9 Å². The molecule has 4 unspecified atom stereocenters. The van der Waals surface area contributed by atoms with Gasteiger partial charge in [-0.25, -0.2) is 19.2 Å². The van der Waals surface area contributed by atoms with Crippen LogP contribution >= 0.6 is 0 Å². The molecule has 0 amide bonds. The number of carboxylic acids is 2. The van der Waals surface area contributed by atoms with Crippen molar-refractivity contribution in [2.75, 3.05) is 0 Å². The average molecular weight is 699 g/mol. The zero-order valence-electron chi connectivity index (χ0n) is 25.9. The molecule has 0 aromatic heterocycles. The zero-order valence-corrected chi connectivity index (χ0v) is 25.9. The van der Waals surface area contributed by atoms with Crippen molar-refractivity contribution >= 4 is 47.0 Å². The maximum absolute atomic E-state index is 13.9. The summed E-state index contributed by atoms with van der Waals surface area (Å²) in [4.78, 5) is 108. The third-order valence-electron chi connectivity index (χ3n) is 7.90. The smallest absolute Gasteiger partial charge is 0.358 e. The Morgan fingerprint density at radius 2 is 0.549 bits per heavy atom. The Labute approximate surface area is 286 Å². The summed E-state index contributed by atoms with van der Waals surface area (Å²) in [6, 6.07) is 22.0. The standard InChI is InChI=1S/C36H26O15/c37-25(21-13-5-1-6-14-21)33(47,29(41)42)35(49,27(39)23-17-9-3-10-18-23)31(45)51-32(46)36(50,28(40)24-19-11-4-12-20-24)34(48,30(43)44)26(38)22-15-7-2-8-16-22/h1-20,47-50H,(H,41,42)(H,43,44). The first-order valence-electron chi connectivity index (χ1n) is 14.5. The van der Waals surface area contributed by atoms with E-state index in [0.717, 1.165) is 72.8 Å². The van der Waals surface area contributed by atoms with Crippen LogP contribution < -0.4 is 0 Å². The highest BCUT2D eigenvalue weighted by Gasteiger charge is 2.74. The molecule has 0 aliphatic heterocycles. The van der Waals surface area contributed by atoms with Gasteiger partial charge in [0, 0.05) is 22.3 Å². The lowest BCUT2D eigenvalue weighted by atomic mass is 9.72. The molecule has 0 heterocycles. The Morgan fingerprint density at radius 1 is 0.353 bits per heavy atom. The van der Waals surface area contributed by atoms with Crippen LogP contribution in [-0.4, -0.2) is 100 Å². The molecule has 4 aromatic rings. The van der Waals surface area contributed by atoms with Crippen molar-refractivity contribution in [3.63, 3.8) is 0 Å². The number of carbonyl (C=O) groups excluding carboxylic acids is 6. The highest BCUT2D eigenvalue weighted by Crippen LogP contribution is 2.36. The Kier molecular flexibility index (Phi) is 10.3. The average Bonchev–Trinajstić information content (AvgIpc) is 3.16. The second kappa shape index (κ2) is 14.1. The van der Waals surface area contributed by atoms with Gasteiger partial charge in [-0.05, 0) is 0 Å². The molecule has 6 N–H and O–H groups in total. The van der Waals surface area contributed by atoms with E-state index in [1.54, 1.807) is 0 Å². The van der Waals surface area contributed by atoms with Crippen LogP contribution in [0.15, 0.2) is 121 Å². The Bertz CT molecular complexity index is 1890. The Hall–Kier alpha value is -6.52. The van der Waals surface area contributed by atoms with E-state index in [-0.39, 0.29) is 0 Å². The van der Waals surface area contributed by atoms with Crippen LogP contribution in [0, 0.1) is 0 Å². The lowest BCUT2D eigenvalue weighted by molar-refractivity contribution is -0.205. The monoisotopic (exact) mass is 698 g/mol. The van der Waals surface area contributed by atoms with Crippen LogP contribution in [0.1, 0.15) is 41.4 Å². The molecule has 0 spiro atoms. The van der Waals surface area contributed by atoms with Gasteiger partial charge in [-0.2, -0.15) is 0 Å². The molecular weight excluding hydrogens is 672 g/mol. The minimum absolute atomic E-state index is 0.690. The normalized spacial score (nSPS) is 15.7. The number of aliphatic carboxylic acids is 2. The molecule has 15 nitrogen and oxygen atoms in total. The fourth-order valence-electron chi connectivity index (χ4n) is 5.07. The van der Waals surface area contributed by atoms with Gasteiger partial charge in [0.2, 0.25) is 23.1 Å². The van der Waals surface area contributed by atoms with Crippen LogP contribution in [0.3, 0.4) is 0 Å². The summed E-state index contributed by atoms with van der Waals surface area (Å²) >= 11 is 0. The molecule has 4 aromatic carbocycles. The number of esters is 2. The van der Waals surface area contributed by atoms with Gasteiger partial charge in [0.05, 0.1) is 0 Å². The highest BCUT2D eigenvalue weighted by atomic mass is 16.6.